The highest BCUT2D eigenvalue weighted by atomic mass is 15.1. The number of anilines is 1. The van der Waals surface area contributed by atoms with Gasteiger partial charge in [0.1, 0.15) is 0 Å². The van der Waals surface area contributed by atoms with E-state index < -0.39 is 0 Å². The van der Waals surface area contributed by atoms with Crippen LogP contribution in [0.15, 0.2) is 30.3 Å². The van der Waals surface area contributed by atoms with Gasteiger partial charge in [0.05, 0.1) is 12.5 Å². The van der Waals surface area contributed by atoms with Gasteiger partial charge in [-0.25, -0.2) is 0 Å². The fourth-order valence-corrected chi connectivity index (χ4v) is 2.90. The predicted octanol–water partition coefficient (Wildman–Crippen LogP) is 3.33. The Kier molecular flexibility index (Phi) is 6.40. The molecule has 0 heterocycles. The van der Waals surface area contributed by atoms with Gasteiger partial charge >= 0.3 is 0 Å². The molecule has 108 valence electrons. The molecular weight excluding hydrogens is 246 g/mol. The first-order valence-electron chi connectivity index (χ1n) is 7.80. The molecule has 0 saturated heterocycles. The molecule has 0 radical (unpaired) electrons. The Balaban J connectivity index is 1.80. The van der Waals surface area contributed by atoms with E-state index >= 15 is 0 Å². The monoisotopic (exact) mass is 271 g/mol. The first-order chi connectivity index (χ1) is 9.90. The van der Waals surface area contributed by atoms with Crippen molar-refractivity contribution < 1.29 is 0 Å². The average Bonchev–Trinajstić information content (AvgIpc) is 2.52. The van der Waals surface area contributed by atoms with Crippen LogP contribution in [0.5, 0.6) is 0 Å². The van der Waals surface area contributed by atoms with E-state index in [9.17, 15) is 0 Å². The zero-order valence-corrected chi connectivity index (χ0v) is 12.2. The molecule has 0 spiro atoms. The molecule has 1 aliphatic carbocycles. The van der Waals surface area contributed by atoms with Gasteiger partial charge in [0.15, 0.2) is 0 Å². The maximum Gasteiger partial charge on any atom is 0.0640 e. The molecule has 0 atom stereocenters. The molecule has 2 rings (SSSR count). The fraction of sp³-hybridized carbons (Fsp3) is 0.588. The molecule has 3 nitrogen and oxygen atoms in total. The molecule has 20 heavy (non-hydrogen) atoms. The number of hydrogen-bond acceptors (Lipinski definition) is 3. The van der Waals surface area contributed by atoms with Crippen LogP contribution in [0.3, 0.4) is 0 Å². The summed E-state index contributed by atoms with van der Waals surface area (Å²) in [6.45, 7) is 2.79. The fourth-order valence-electron chi connectivity index (χ4n) is 2.90. The van der Waals surface area contributed by atoms with Gasteiger partial charge in [-0.3, -0.25) is 0 Å². The van der Waals surface area contributed by atoms with E-state index in [4.69, 9.17) is 5.26 Å². The number of rotatable bonds is 7. The highest BCUT2D eigenvalue weighted by molar-refractivity contribution is 5.46. The Morgan fingerprint density at radius 1 is 1.10 bits per heavy atom. The van der Waals surface area contributed by atoms with E-state index in [0.29, 0.717) is 12.5 Å². The molecule has 1 fully saturated rings. The van der Waals surface area contributed by atoms with Crippen molar-refractivity contribution in [3.05, 3.63) is 30.3 Å². The standard InChI is InChI=1S/C17H25N3/c18-12-7-14-20(17-10-5-2-6-11-17)15-13-19-16-8-3-1-4-9-16/h2,5-6,10-11,16,19H,1,3-4,7-9,13-15H2. The molecule has 1 N–H and O–H groups in total. The number of nitrogens with one attached hydrogen (secondary N) is 1. The van der Waals surface area contributed by atoms with Crippen LogP contribution in [-0.4, -0.2) is 25.7 Å². The highest BCUT2D eigenvalue weighted by Gasteiger charge is 2.13. The first kappa shape index (κ1) is 14.9. The van der Waals surface area contributed by atoms with Crippen molar-refractivity contribution in [1.29, 1.82) is 5.26 Å². The molecule has 0 aliphatic heterocycles. The topological polar surface area (TPSA) is 39.1 Å². The number of hydrogen-bond donors (Lipinski definition) is 1. The van der Waals surface area contributed by atoms with Gasteiger partial charge in [-0.15, -0.1) is 0 Å². The Morgan fingerprint density at radius 3 is 2.55 bits per heavy atom. The minimum atomic E-state index is 0.582. The largest absolute Gasteiger partial charge is 0.369 e. The third kappa shape index (κ3) is 4.86. The van der Waals surface area contributed by atoms with Gasteiger partial charge < -0.3 is 10.2 Å². The molecule has 1 saturated carbocycles. The van der Waals surface area contributed by atoms with Crippen molar-refractivity contribution in [3.63, 3.8) is 0 Å². The first-order valence-corrected chi connectivity index (χ1v) is 7.80. The molecule has 1 aromatic rings. The normalized spacial score (nSPS) is 15.8. The Bertz CT molecular complexity index is 404. The van der Waals surface area contributed by atoms with Crippen LogP contribution in [-0.2, 0) is 0 Å². The van der Waals surface area contributed by atoms with Crippen molar-refractivity contribution in [1.82, 2.24) is 5.32 Å². The molecule has 0 amide bonds. The zero-order valence-electron chi connectivity index (χ0n) is 12.2. The Morgan fingerprint density at radius 2 is 1.85 bits per heavy atom. The lowest BCUT2D eigenvalue weighted by molar-refractivity contribution is 0.376. The van der Waals surface area contributed by atoms with E-state index in [-0.39, 0.29) is 0 Å². The molecule has 3 heteroatoms. The van der Waals surface area contributed by atoms with Gasteiger partial charge in [-0.1, -0.05) is 37.5 Å². The summed E-state index contributed by atoms with van der Waals surface area (Å²) in [6, 6.07) is 13.3. The molecule has 0 bridgehead atoms. The second-order valence-electron chi connectivity index (χ2n) is 5.52. The second-order valence-corrected chi connectivity index (χ2v) is 5.52. The number of nitrogens with zero attached hydrogens (tertiary/aromatic N) is 2. The van der Waals surface area contributed by atoms with Crippen molar-refractivity contribution in [2.75, 3.05) is 24.5 Å². The summed E-state index contributed by atoms with van der Waals surface area (Å²) in [7, 11) is 0. The summed E-state index contributed by atoms with van der Waals surface area (Å²) in [4.78, 5) is 2.30. The highest BCUT2D eigenvalue weighted by Crippen LogP contribution is 2.17. The van der Waals surface area contributed by atoms with Crippen LogP contribution in [0.1, 0.15) is 38.5 Å². The Hall–Kier alpha value is -1.53. The summed E-state index contributed by atoms with van der Waals surface area (Å²) in [5.41, 5.74) is 1.22. The minimum Gasteiger partial charge on any atom is -0.369 e. The number of nitriles is 1. The number of para-hydroxylation sites is 1. The van der Waals surface area contributed by atoms with E-state index in [0.717, 1.165) is 19.6 Å². The lowest BCUT2D eigenvalue weighted by Crippen LogP contribution is -2.38. The molecular formula is C17H25N3. The van der Waals surface area contributed by atoms with Crippen LogP contribution in [0.25, 0.3) is 0 Å². The average molecular weight is 271 g/mol. The van der Waals surface area contributed by atoms with Gasteiger partial charge in [0.2, 0.25) is 0 Å². The van der Waals surface area contributed by atoms with Gasteiger partial charge in [0.25, 0.3) is 0 Å². The SMILES string of the molecule is N#CCCN(CCNC1CCCCC1)c1ccccc1. The summed E-state index contributed by atoms with van der Waals surface area (Å²) in [6.07, 6.45) is 7.37. The van der Waals surface area contributed by atoms with E-state index in [1.54, 1.807) is 0 Å². The molecule has 0 aromatic heterocycles. The second kappa shape index (κ2) is 8.60. The summed E-state index contributed by atoms with van der Waals surface area (Å²) >= 11 is 0. The molecule has 0 unspecified atom stereocenters. The maximum absolute atomic E-state index is 8.80. The quantitative estimate of drug-likeness (QED) is 0.826. The van der Waals surface area contributed by atoms with Gasteiger partial charge in [-0.2, -0.15) is 5.26 Å². The van der Waals surface area contributed by atoms with Crippen molar-refractivity contribution in [3.8, 4) is 6.07 Å². The van der Waals surface area contributed by atoms with E-state index in [2.05, 4.69) is 40.6 Å². The van der Waals surface area contributed by atoms with Crippen molar-refractivity contribution in [2.24, 2.45) is 0 Å². The van der Waals surface area contributed by atoms with Crippen molar-refractivity contribution >= 4 is 5.69 Å². The van der Waals surface area contributed by atoms with Crippen LogP contribution < -0.4 is 10.2 Å². The smallest absolute Gasteiger partial charge is 0.0640 e. The lowest BCUT2D eigenvalue weighted by Gasteiger charge is -2.27. The Labute approximate surface area is 122 Å². The van der Waals surface area contributed by atoms with Crippen LogP contribution in [0.2, 0.25) is 0 Å². The third-order valence-electron chi connectivity index (χ3n) is 4.03. The predicted molar refractivity (Wildman–Crippen MR) is 83.8 cm³/mol. The zero-order chi connectivity index (χ0) is 14.0. The van der Waals surface area contributed by atoms with Crippen LogP contribution >= 0.6 is 0 Å². The van der Waals surface area contributed by atoms with Gasteiger partial charge in [0, 0.05) is 31.4 Å². The van der Waals surface area contributed by atoms with Crippen molar-refractivity contribution in [2.45, 2.75) is 44.6 Å². The maximum atomic E-state index is 8.80. The third-order valence-corrected chi connectivity index (χ3v) is 4.03. The summed E-state index contributed by atoms with van der Waals surface area (Å²) in [5.74, 6) is 0. The molecule has 1 aliphatic rings. The molecule has 1 aromatic carbocycles. The summed E-state index contributed by atoms with van der Waals surface area (Å²) in [5, 5.41) is 12.5. The van der Waals surface area contributed by atoms with Crippen LogP contribution in [0, 0.1) is 11.3 Å². The summed E-state index contributed by atoms with van der Waals surface area (Å²) < 4.78 is 0. The number of benzene rings is 1. The van der Waals surface area contributed by atoms with E-state index in [1.165, 1.54) is 37.8 Å². The van der Waals surface area contributed by atoms with Gasteiger partial charge in [-0.05, 0) is 25.0 Å². The van der Waals surface area contributed by atoms with Crippen LogP contribution in [0.4, 0.5) is 5.69 Å². The minimum absolute atomic E-state index is 0.582. The van der Waals surface area contributed by atoms with E-state index in [1.807, 2.05) is 6.07 Å². The lowest BCUT2D eigenvalue weighted by atomic mass is 9.95.